The Balaban J connectivity index is 1.87. The normalized spacial score (nSPS) is 11.9. The van der Waals surface area contributed by atoms with Gasteiger partial charge in [0.2, 0.25) is 5.88 Å². The van der Waals surface area contributed by atoms with Gasteiger partial charge in [0.05, 0.1) is 7.11 Å². The molecule has 9 heteroatoms. The van der Waals surface area contributed by atoms with E-state index in [0.717, 1.165) is 23.3 Å². The Hall–Kier alpha value is -2.97. The predicted octanol–water partition coefficient (Wildman–Crippen LogP) is 3.25. The van der Waals surface area contributed by atoms with Crippen molar-refractivity contribution in [2.75, 3.05) is 27.3 Å². The zero-order valence-corrected chi connectivity index (χ0v) is 16.6. The highest BCUT2D eigenvalue weighted by molar-refractivity contribution is 5.79. The molecule has 0 aliphatic heterocycles. The van der Waals surface area contributed by atoms with Crippen LogP contribution in [-0.2, 0) is 13.0 Å². The lowest BCUT2D eigenvalue weighted by molar-refractivity contribution is -0.154. The fraction of sp³-hybridized carbons (Fsp3) is 0.400. The molecule has 2 rings (SSSR count). The number of aryl methyl sites for hydroxylation is 1. The summed E-state index contributed by atoms with van der Waals surface area (Å²) in [5, 5.41) is 6.23. The van der Waals surface area contributed by atoms with Crippen molar-refractivity contribution in [1.29, 1.82) is 0 Å². The second-order valence-electron chi connectivity index (χ2n) is 6.28. The van der Waals surface area contributed by atoms with Gasteiger partial charge in [-0.05, 0) is 36.6 Å². The van der Waals surface area contributed by atoms with Gasteiger partial charge in [0.1, 0.15) is 5.75 Å². The Kier molecular flexibility index (Phi) is 8.11. The summed E-state index contributed by atoms with van der Waals surface area (Å²) in [6.45, 7) is 1.44. The number of aliphatic imine (C=N–C) groups is 1. The standard InChI is InChI=1S/C20H25F3N4O2/c1-14-6-7-15(11-17(14)28-3)8-10-26-19(24-2)27-12-16-5-4-9-25-18(16)29-13-20(21,22)23/h4-7,9,11H,8,10,12-13H2,1-3H3,(H2,24,26,27). The lowest BCUT2D eigenvalue weighted by atomic mass is 10.1. The van der Waals surface area contributed by atoms with E-state index in [1.54, 1.807) is 26.3 Å². The van der Waals surface area contributed by atoms with E-state index in [9.17, 15) is 13.2 Å². The van der Waals surface area contributed by atoms with Crippen LogP contribution in [0.5, 0.6) is 11.6 Å². The number of nitrogens with zero attached hydrogens (tertiary/aromatic N) is 2. The largest absolute Gasteiger partial charge is 0.496 e. The van der Waals surface area contributed by atoms with E-state index in [1.165, 1.54) is 6.20 Å². The highest BCUT2D eigenvalue weighted by Gasteiger charge is 2.29. The fourth-order valence-corrected chi connectivity index (χ4v) is 2.58. The lowest BCUT2D eigenvalue weighted by Crippen LogP contribution is -2.38. The van der Waals surface area contributed by atoms with Crippen LogP contribution < -0.4 is 20.1 Å². The summed E-state index contributed by atoms with van der Waals surface area (Å²) in [4.78, 5) is 8.00. The molecule has 0 saturated carbocycles. The Morgan fingerprint density at radius 2 is 2.00 bits per heavy atom. The van der Waals surface area contributed by atoms with Crippen LogP contribution in [0.3, 0.4) is 0 Å². The van der Waals surface area contributed by atoms with Crippen molar-refractivity contribution < 1.29 is 22.6 Å². The molecule has 1 heterocycles. The van der Waals surface area contributed by atoms with Crippen molar-refractivity contribution in [1.82, 2.24) is 15.6 Å². The van der Waals surface area contributed by atoms with Crippen molar-refractivity contribution in [2.45, 2.75) is 26.1 Å². The summed E-state index contributed by atoms with van der Waals surface area (Å²) in [7, 11) is 3.26. The van der Waals surface area contributed by atoms with Gasteiger partial charge in [-0.25, -0.2) is 4.98 Å². The molecule has 29 heavy (non-hydrogen) atoms. The third kappa shape index (κ3) is 7.52. The summed E-state index contributed by atoms with van der Waals surface area (Å²) in [5.41, 5.74) is 2.69. The van der Waals surface area contributed by atoms with E-state index < -0.39 is 12.8 Å². The first-order valence-electron chi connectivity index (χ1n) is 9.04. The minimum absolute atomic E-state index is 0.0560. The van der Waals surface area contributed by atoms with Gasteiger partial charge in [-0.2, -0.15) is 13.2 Å². The van der Waals surface area contributed by atoms with Crippen LogP contribution in [0.1, 0.15) is 16.7 Å². The number of alkyl halides is 3. The summed E-state index contributed by atoms with van der Waals surface area (Å²) in [6.07, 6.45) is -2.28. The minimum Gasteiger partial charge on any atom is -0.496 e. The highest BCUT2D eigenvalue weighted by atomic mass is 19.4. The summed E-state index contributed by atoms with van der Waals surface area (Å²) in [6, 6.07) is 9.32. The Labute approximate surface area is 168 Å². The van der Waals surface area contributed by atoms with Gasteiger partial charge in [0.15, 0.2) is 12.6 Å². The van der Waals surface area contributed by atoms with Gasteiger partial charge in [0, 0.05) is 31.9 Å². The fourth-order valence-electron chi connectivity index (χ4n) is 2.58. The zero-order valence-electron chi connectivity index (χ0n) is 16.6. The van der Waals surface area contributed by atoms with E-state index in [2.05, 4.69) is 20.6 Å². The van der Waals surface area contributed by atoms with Crippen LogP contribution in [0.2, 0.25) is 0 Å². The van der Waals surface area contributed by atoms with Crippen molar-refractivity contribution in [3.05, 3.63) is 53.2 Å². The molecule has 0 radical (unpaired) electrons. The number of guanidine groups is 1. The molecule has 2 aromatic rings. The van der Waals surface area contributed by atoms with E-state index >= 15 is 0 Å². The molecule has 0 aliphatic rings. The number of hydrogen-bond acceptors (Lipinski definition) is 4. The van der Waals surface area contributed by atoms with E-state index in [4.69, 9.17) is 9.47 Å². The maximum Gasteiger partial charge on any atom is 0.422 e. The van der Waals surface area contributed by atoms with Gasteiger partial charge in [-0.1, -0.05) is 18.2 Å². The number of halogens is 3. The van der Waals surface area contributed by atoms with Crippen LogP contribution >= 0.6 is 0 Å². The molecule has 2 N–H and O–H groups in total. The molecule has 0 aliphatic carbocycles. The molecule has 0 spiro atoms. The number of benzene rings is 1. The van der Waals surface area contributed by atoms with Crippen LogP contribution in [0.15, 0.2) is 41.5 Å². The minimum atomic E-state index is -4.42. The first kappa shape index (κ1) is 22.3. The molecular weight excluding hydrogens is 385 g/mol. The maximum absolute atomic E-state index is 12.4. The van der Waals surface area contributed by atoms with Crippen LogP contribution in [0.25, 0.3) is 0 Å². The third-order valence-corrected chi connectivity index (χ3v) is 4.07. The molecule has 158 valence electrons. The first-order chi connectivity index (χ1) is 13.8. The Bertz CT molecular complexity index is 826. The van der Waals surface area contributed by atoms with Gasteiger partial charge in [-0.15, -0.1) is 0 Å². The number of methoxy groups -OCH3 is 1. The highest BCUT2D eigenvalue weighted by Crippen LogP contribution is 2.20. The maximum atomic E-state index is 12.4. The topological polar surface area (TPSA) is 67.8 Å². The number of ether oxygens (including phenoxy) is 2. The molecule has 1 aromatic carbocycles. The SMILES string of the molecule is CN=C(NCCc1ccc(C)c(OC)c1)NCc1cccnc1OCC(F)(F)F. The molecule has 0 unspecified atom stereocenters. The molecule has 0 saturated heterocycles. The average molecular weight is 410 g/mol. The molecule has 1 aromatic heterocycles. The second-order valence-corrected chi connectivity index (χ2v) is 6.28. The van der Waals surface area contributed by atoms with E-state index in [1.807, 2.05) is 25.1 Å². The quantitative estimate of drug-likeness (QED) is 0.517. The third-order valence-electron chi connectivity index (χ3n) is 4.07. The molecule has 0 bridgehead atoms. The Morgan fingerprint density at radius 3 is 2.69 bits per heavy atom. The summed E-state index contributed by atoms with van der Waals surface area (Å²) in [5.74, 6) is 1.31. The van der Waals surface area contributed by atoms with E-state index in [-0.39, 0.29) is 12.4 Å². The molecule has 0 atom stereocenters. The van der Waals surface area contributed by atoms with Crippen LogP contribution in [0.4, 0.5) is 13.2 Å². The Morgan fingerprint density at radius 1 is 1.21 bits per heavy atom. The lowest BCUT2D eigenvalue weighted by Gasteiger charge is -2.15. The van der Waals surface area contributed by atoms with Gasteiger partial charge >= 0.3 is 6.18 Å². The number of nitrogens with one attached hydrogen (secondary N) is 2. The zero-order chi connectivity index (χ0) is 21.3. The smallest absolute Gasteiger partial charge is 0.422 e. The number of aromatic nitrogens is 1. The average Bonchev–Trinajstić information content (AvgIpc) is 2.70. The monoisotopic (exact) mass is 410 g/mol. The summed E-state index contributed by atoms with van der Waals surface area (Å²) >= 11 is 0. The first-order valence-corrected chi connectivity index (χ1v) is 9.04. The van der Waals surface area contributed by atoms with Gasteiger partial charge in [-0.3, -0.25) is 4.99 Å². The summed E-state index contributed by atoms with van der Waals surface area (Å²) < 4.78 is 47.3. The van der Waals surface area contributed by atoms with Gasteiger partial charge in [0.25, 0.3) is 0 Å². The molecule has 6 nitrogen and oxygen atoms in total. The van der Waals surface area contributed by atoms with Gasteiger partial charge < -0.3 is 20.1 Å². The molecule has 0 fully saturated rings. The number of rotatable bonds is 8. The van der Waals surface area contributed by atoms with E-state index in [0.29, 0.717) is 18.1 Å². The molecular formula is C20H25F3N4O2. The van der Waals surface area contributed by atoms with Crippen molar-refractivity contribution >= 4 is 5.96 Å². The van der Waals surface area contributed by atoms with Crippen molar-refractivity contribution in [3.8, 4) is 11.6 Å². The second kappa shape index (κ2) is 10.5. The van der Waals surface area contributed by atoms with Crippen molar-refractivity contribution in [2.24, 2.45) is 4.99 Å². The van der Waals surface area contributed by atoms with Crippen molar-refractivity contribution in [3.63, 3.8) is 0 Å². The predicted molar refractivity (Wildman–Crippen MR) is 105 cm³/mol. The number of hydrogen-bond donors (Lipinski definition) is 2. The molecule has 0 amide bonds. The number of pyridine rings is 1. The van der Waals surface area contributed by atoms with Crippen LogP contribution in [0, 0.1) is 6.92 Å². The van der Waals surface area contributed by atoms with Crippen LogP contribution in [-0.4, -0.2) is 44.4 Å².